The molecule has 1 aliphatic heterocycles. The van der Waals surface area contributed by atoms with E-state index in [1.165, 1.54) is 6.92 Å². The minimum atomic E-state index is -0.201. The molecule has 0 radical (unpaired) electrons. The summed E-state index contributed by atoms with van der Waals surface area (Å²) in [5, 5.41) is 2.56. The first kappa shape index (κ1) is 18.9. The second-order valence-corrected chi connectivity index (χ2v) is 6.78. The second-order valence-electron chi connectivity index (χ2n) is 6.78. The monoisotopic (exact) mass is 371 g/mol. The van der Waals surface area contributed by atoms with Gasteiger partial charge in [0.1, 0.15) is 11.5 Å². The molecule has 7 heteroatoms. The number of hydrogen-bond acceptors (Lipinski definition) is 5. The van der Waals surface area contributed by atoms with Gasteiger partial charge in [0.05, 0.1) is 25.8 Å². The van der Waals surface area contributed by atoms with Crippen molar-refractivity contribution >= 4 is 11.8 Å². The molecule has 2 amide bonds. The zero-order valence-corrected chi connectivity index (χ0v) is 15.7. The zero-order chi connectivity index (χ0) is 19.2. The van der Waals surface area contributed by atoms with E-state index in [0.29, 0.717) is 25.4 Å². The zero-order valence-electron chi connectivity index (χ0n) is 15.7. The maximum Gasteiger partial charge on any atom is 0.241 e. The van der Waals surface area contributed by atoms with Crippen LogP contribution in [0, 0.1) is 0 Å². The second kappa shape index (κ2) is 8.70. The molecule has 27 heavy (non-hydrogen) atoms. The van der Waals surface area contributed by atoms with Gasteiger partial charge in [0, 0.05) is 26.4 Å². The quantitative estimate of drug-likeness (QED) is 0.841. The van der Waals surface area contributed by atoms with Crippen LogP contribution in [0.25, 0.3) is 0 Å². The average molecular weight is 371 g/mol. The van der Waals surface area contributed by atoms with Gasteiger partial charge in [-0.2, -0.15) is 0 Å². The number of carbonyl (C=O) groups excluding carboxylic acids is 2. The molecule has 0 saturated carbocycles. The van der Waals surface area contributed by atoms with E-state index in [4.69, 9.17) is 9.15 Å². The van der Waals surface area contributed by atoms with Crippen molar-refractivity contribution in [1.29, 1.82) is 0 Å². The van der Waals surface area contributed by atoms with Crippen LogP contribution in [0.2, 0.25) is 0 Å². The Labute approximate surface area is 158 Å². The third-order valence-corrected chi connectivity index (χ3v) is 4.72. The molecule has 144 valence electrons. The summed E-state index contributed by atoms with van der Waals surface area (Å²) in [6, 6.07) is 7.85. The van der Waals surface area contributed by atoms with Crippen LogP contribution < -0.4 is 10.1 Å². The molecule has 0 bridgehead atoms. The minimum absolute atomic E-state index is 0.0381. The number of rotatable bonds is 6. The summed E-state index contributed by atoms with van der Waals surface area (Å²) in [7, 11) is 1.64. The van der Waals surface area contributed by atoms with E-state index in [9.17, 15) is 9.59 Å². The molecule has 2 heterocycles. The van der Waals surface area contributed by atoms with E-state index in [1.54, 1.807) is 18.2 Å². The Morgan fingerprint density at radius 1 is 1.33 bits per heavy atom. The van der Waals surface area contributed by atoms with Crippen molar-refractivity contribution in [3.05, 3.63) is 47.7 Å². The van der Waals surface area contributed by atoms with Crippen molar-refractivity contribution in [2.75, 3.05) is 26.7 Å². The lowest BCUT2D eigenvalue weighted by Crippen LogP contribution is -2.44. The van der Waals surface area contributed by atoms with E-state index < -0.39 is 0 Å². The molecular weight excluding hydrogens is 346 g/mol. The molecular formula is C20H25N3O4. The minimum Gasteiger partial charge on any atom is -0.497 e. The number of piperidine rings is 1. The van der Waals surface area contributed by atoms with Gasteiger partial charge in [0.15, 0.2) is 5.89 Å². The number of methoxy groups -OCH3 is 1. The Hall–Kier alpha value is -2.83. The Morgan fingerprint density at radius 2 is 2.11 bits per heavy atom. The van der Waals surface area contributed by atoms with Gasteiger partial charge in [-0.25, -0.2) is 4.98 Å². The Morgan fingerprint density at radius 3 is 2.81 bits per heavy atom. The fourth-order valence-electron chi connectivity index (χ4n) is 3.25. The van der Waals surface area contributed by atoms with E-state index in [1.807, 2.05) is 24.3 Å². The van der Waals surface area contributed by atoms with E-state index in [-0.39, 0.29) is 24.3 Å². The maximum absolute atomic E-state index is 12.2. The molecule has 1 aliphatic rings. The van der Waals surface area contributed by atoms with Gasteiger partial charge in [-0.1, -0.05) is 12.1 Å². The highest BCUT2D eigenvalue weighted by atomic mass is 16.5. The Kier molecular flexibility index (Phi) is 6.11. The largest absolute Gasteiger partial charge is 0.497 e. The topological polar surface area (TPSA) is 84.7 Å². The smallest absolute Gasteiger partial charge is 0.241 e. The van der Waals surface area contributed by atoms with Crippen LogP contribution in [-0.2, 0) is 16.0 Å². The van der Waals surface area contributed by atoms with Crippen molar-refractivity contribution in [2.45, 2.75) is 32.1 Å². The number of aromatic nitrogens is 1. The molecule has 3 rings (SSSR count). The van der Waals surface area contributed by atoms with Crippen molar-refractivity contribution in [3.8, 4) is 5.75 Å². The van der Waals surface area contributed by atoms with Gasteiger partial charge in [-0.15, -0.1) is 0 Å². The summed E-state index contributed by atoms with van der Waals surface area (Å²) >= 11 is 0. The third kappa shape index (κ3) is 5.09. The number of benzene rings is 1. The van der Waals surface area contributed by atoms with Crippen molar-refractivity contribution < 1.29 is 18.7 Å². The summed E-state index contributed by atoms with van der Waals surface area (Å²) in [6.07, 6.45) is 4.26. The fraction of sp³-hybridized carbons (Fsp3) is 0.450. The van der Waals surface area contributed by atoms with Crippen molar-refractivity contribution in [2.24, 2.45) is 0 Å². The van der Waals surface area contributed by atoms with Crippen molar-refractivity contribution in [3.63, 3.8) is 0 Å². The Bertz CT molecular complexity index is 785. The highest BCUT2D eigenvalue weighted by Gasteiger charge is 2.27. The summed E-state index contributed by atoms with van der Waals surface area (Å²) in [6.45, 7) is 2.72. The van der Waals surface area contributed by atoms with Crippen LogP contribution in [0.5, 0.6) is 5.75 Å². The Balaban J connectivity index is 1.59. The molecule has 2 aromatic rings. The van der Waals surface area contributed by atoms with Gasteiger partial charge in [0.25, 0.3) is 0 Å². The predicted molar refractivity (Wildman–Crippen MR) is 99.5 cm³/mol. The van der Waals surface area contributed by atoms with Gasteiger partial charge in [0.2, 0.25) is 11.8 Å². The molecule has 7 nitrogen and oxygen atoms in total. The van der Waals surface area contributed by atoms with Gasteiger partial charge >= 0.3 is 0 Å². The molecule has 0 spiro atoms. The number of nitrogens with one attached hydrogen (secondary N) is 1. The van der Waals surface area contributed by atoms with Crippen LogP contribution >= 0.6 is 0 Å². The molecule has 1 aromatic carbocycles. The van der Waals surface area contributed by atoms with Crippen LogP contribution in [0.15, 0.2) is 34.9 Å². The van der Waals surface area contributed by atoms with Crippen molar-refractivity contribution in [1.82, 2.24) is 15.2 Å². The SMILES string of the molecule is COc1ccc(Cc2cnc(C3CCCN(C(=O)CNC(C)=O)C3)o2)cc1. The molecule has 1 N–H and O–H groups in total. The number of nitrogens with zero attached hydrogens (tertiary/aromatic N) is 2. The number of amides is 2. The molecule has 0 aliphatic carbocycles. The number of carbonyl (C=O) groups is 2. The highest BCUT2D eigenvalue weighted by Crippen LogP contribution is 2.27. The molecule has 1 unspecified atom stereocenters. The van der Waals surface area contributed by atoms with E-state index >= 15 is 0 Å². The first-order valence-electron chi connectivity index (χ1n) is 9.15. The number of hydrogen-bond donors (Lipinski definition) is 1. The fourth-order valence-corrected chi connectivity index (χ4v) is 3.25. The molecule has 1 aromatic heterocycles. The van der Waals surface area contributed by atoms with Gasteiger partial charge < -0.3 is 19.4 Å². The summed E-state index contributed by atoms with van der Waals surface area (Å²) in [5.41, 5.74) is 1.12. The number of ether oxygens (including phenoxy) is 1. The molecule has 1 saturated heterocycles. The van der Waals surface area contributed by atoms with Crippen LogP contribution in [0.3, 0.4) is 0 Å². The van der Waals surface area contributed by atoms with E-state index in [2.05, 4.69) is 10.3 Å². The van der Waals surface area contributed by atoms with E-state index in [0.717, 1.165) is 29.9 Å². The van der Waals surface area contributed by atoms with Crippen LogP contribution in [0.4, 0.5) is 0 Å². The molecule has 1 fully saturated rings. The third-order valence-electron chi connectivity index (χ3n) is 4.72. The van der Waals surface area contributed by atoms with Gasteiger partial charge in [-0.05, 0) is 30.5 Å². The molecule has 1 atom stereocenters. The van der Waals surface area contributed by atoms with Gasteiger partial charge in [-0.3, -0.25) is 9.59 Å². The summed E-state index contributed by atoms with van der Waals surface area (Å²) in [5.74, 6) is 2.12. The standard InChI is InChI=1S/C20H25N3O4/c1-14(24)21-12-19(25)23-9-3-4-16(13-23)20-22-11-18(27-20)10-15-5-7-17(26-2)8-6-15/h5-8,11,16H,3-4,9-10,12-13H2,1-2H3,(H,21,24). The summed E-state index contributed by atoms with van der Waals surface area (Å²) in [4.78, 5) is 29.4. The lowest BCUT2D eigenvalue weighted by Gasteiger charge is -2.31. The van der Waals surface area contributed by atoms with Crippen LogP contribution in [0.1, 0.15) is 42.9 Å². The highest BCUT2D eigenvalue weighted by molar-refractivity contribution is 5.83. The normalized spacial score (nSPS) is 16.8. The first-order valence-corrected chi connectivity index (χ1v) is 9.15. The lowest BCUT2D eigenvalue weighted by molar-refractivity contribution is -0.133. The average Bonchev–Trinajstić information content (AvgIpc) is 3.15. The number of likely N-dealkylation sites (tertiary alicyclic amines) is 1. The van der Waals surface area contributed by atoms with Crippen LogP contribution in [-0.4, -0.2) is 48.4 Å². The maximum atomic E-state index is 12.2. The predicted octanol–water partition coefficient (Wildman–Crippen LogP) is 2.12. The number of oxazole rings is 1. The lowest BCUT2D eigenvalue weighted by atomic mass is 9.98. The first-order chi connectivity index (χ1) is 13.0. The summed E-state index contributed by atoms with van der Waals surface area (Å²) < 4.78 is 11.1.